The van der Waals surface area contributed by atoms with Crippen LogP contribution < -0.4 is 24.6 Å². The minimum absolute atomic E-state index is 0.0460. The number of rotatable bonds is 8. The molecular formula is C31H24F3N3O7S2. The van der Waals surface area contributed by atoms with Gasteiger partial charge in [0.2, 0.25) is 11.8 Å². The number of nitrogens with zero attached hydrogens (tertiary/aromatic N) is 1. The van der Waals surface area contributed by atoms with Gasteiger partial charge < -0.3 is 24.9 Å². The molecule has 15 heteroatoms. The number of aromatic nitrogens is 1. The van der Waals surface area contributed by atoms with Crippen molar-refractivity contribution in [2.24, 2.45) is 5.92 Å². The number of hydrogen-bond acceptors (Lipinski definition) is 9. The molecule has 3 amide bonds. The standard InChI is InChI=1S/C31H24F3N3O7S2/c1-2-43-21-12-15(6-11-20(21)44-14-22(39)35-17-7-9-19(38)10-8-17)23-24-26(45-27-25(23)46-30(42)36-27)29(41)37(28(24)40)18-5-3-4-16(13-18)31(32,33)34/h3-13,23-24,26,38H,2,14H2,1H3,(H,35,39)(H,36,42). The predicted octanol–water partition coefficient (Wildman–Crippen LogP) is 5.37. The number of benzene rings is 3. The number of phenols is 1. The Balaban J connectivity index is 1.32. The number of aromatic amines is 1. The summed E-state index contributed by atoms with van der Waals surface area (Å²) >= 11 is 1.89. The molecule has 1 saturated heterocycles. The Hall–Kier alpha value is -4.76. The van der Waals surface area contributed by atoms with Crippen molar-refractivity contribution < 1.29 is 42.1 Å². The number of phenolic OH excluding ortho intramolecular Hbond substituents is 1. The Kier molecular flexibility index (Phi) is 8.29. The molecule has 3 heterocycles. The van der Waals surface area contributed by atoms with Gasteiger partial charge in [0.05, 0.1) is 28.8 Å². The molecule has 0 aliphatic carbocycles. The molecule has 4 aromatic rings. The van der Waals surface area contributed by atoms with Crippen LogP contribution in [0.2, 0.25) is 0 Å². The summed E-state index contributed by atoms with van der Waals surface area (Å²) in [5, 5.41) is 11.5. The van der Waals surface area contributed by atoms with E-state index in [1.54, 1.807) is 25.1 Å². The second kappa shape index (κ2) is 12.2. The number of hydrogen-bond donors (Lipinski definition) is 3. The van der Waals surface area contributed by atoms with Gasteiger partial charge in [0, 0.05) is 16.5 Å². The zero-order valence-corrected chi connectivity index (χ0v) is 25.4. The average Bonchev–Trinajstić information content (AvgIpc) is 3.51. The van der Waals surface area contributed by atoms with Gasteiger partial charge in [-0.15, -0.1) is 0 Å². The van der Waals surface area contributed by atoms with E-state index in [4.69, 9.17) is 9.47 Å². The molecule has 0 radical (unpaired) electrons. The molecule has 1 fully saturated rings. The number of fused-ring (bicyclic) bond motifs is 2. The fraction of sp³-hybridized carbons (Fsp3) is 0.226. The maximum absolute atomic E-state index is 13.9. The van der Waals surface area contributed by atoms with Gasteiger partial charge in [0.25, 0.3) is 5.91 Å². The van der Waals surface area contributed by atoms with Crippen LogP contribution in [0.1, 0.15) is 28.8 Å². The lowest BCUT2D eigenvalue weighted by Gasteiger charge is -2.30. The lowest BCUT2D eigenvalue weighted by Crippen LogP contribution is -2.32. The van der Waals surface area contributed by atoms with Gasteiger partial charge in [-0.05, 0) is 67.1 Å². The Morgan fingerprint density at radius 3 is 2.48 bits per heavy atom. The maximum atomic E-state index is 13.9. The van der Waals surface area contributed by atoms with Gasteiger partial charge in [0.15, 0.2) is 18.1 Å². The summed E-state index contributed by atoms with van der Waals surface area (Å²) in [7, 11) is 0. The van der Waals surface area contributed by atoms with Gasteiger partial charge in [0.1, 0.15) is 11.0 Å². The number of aromatic hydroxyl groups is 1. The summed E-state index contributed by atoms with van der Waals surface area (Å²) in [5.41, 5.74) is -0.238. The van der Waals surface area contributed by atoms with E-state index in [0.717, 1.165) is 46.2 Å². The zero-order valence-electron chi connectivity index (χ0n) is 23.8. The highest BCUT2D eigenvalue weighted by molar-refractivity contribution is 8.00. The summed E-state index contributed by atoms with van der Waals surface area (Å²) in [6.45, 7) is 1.58. The van der Waals surface area contributed by atoms with Crippen molar-refractivity contribution in [1.82, 2.24) is 4.98 Å². The number of nitrogens with one attached hydrogen (secondary N) is 2. The molecular weight excluding hydrogens is 647 g/mol. The number of anilines is 2. The summed E-state index contributed by atoms with van der Waals surface area (Å²) in [6.07, 6.45) is -4.68. The number of amides is 3. The lowest BCUT2D eigenvalue weighted by atomic mass is 9.83. The fourth-order valence-corrected chi connectivity index (χ4v) is 7.96. The van der Waals surface area contributed by atoms with Crippen LogP contribution in [0, 0.1) is 5.92 Å². The highest BCUT2D eigenvalue weighted by Gasteiger charge is 2.56. The van der Waals surface area contributed by atoms with Gasteiger partial charge in [-0.2, -0.15) is 13.2 Å². The second-order valence-electron chi connectivity index (χ2n) is 10.3. The number of ether oxygens (including phenoxy) is 2. The monoisotopic (exact) mass is 671 g/mol. The summed E-state index contributed by atoms with van der Waals surface area (Å²) in [5.74, 6) is -3.21. The topological polar surface area (TPSA) is 138 Å². The quantitative estimate of drug-likeness (QED) is 0.168. The molecule has 6 rings (SSSR count). The van der Waals surface area contributed by atoms with E-state index in [2.05, 4.69) is 10.3 Å². The normalized spacial score (nSPS) is 19.0. The number of carbonyl (C=O) groups excluding carboxylic acids is 3. The van der Waals surface area contributed by atoms with E-state index < -0.39 is 46.5 Å². The number of thiazole rings is 1. The molecule has 2 aliphatic rings. The van der Waals surface area contributed by atoms with E-state index in [1.807, 2.05) is 0 Å². The number of imide groups is 1. The van der Waals surface area contributed by atoms with E-state index >= 15 is 0 Å². The molecule has 10 nitrogen and oxygen atoms in total. The molecule has 0 saturated carbocycles. The molecule has 46 heavy (non-hydrogen) atoms. The van der Waals surface area contributed by atoms with Crippen LogP contribution in [0.3, 0.4) is 0 Å². The molecule has 3 N–H and O–H groups in total. The zero-order chi connectivity index (χ0) is 32.7. The minimum atomic E-state index is -4.68. The Bertz CT molecular complexity index is 1890. The largest absolute Gasteiger partial charge is 0.508 e. The molecule has 238 valence electrons. The van der Waals surface area contributed by atoms with E-state index in [-0.39, 0.29) is 41.0 Å². The van der Waals surface area contributed by atoms with Crippen LogP contribution >= 0.6 is 23.1 Å². The third-order valence-electron chi connectivity index (χ3n) is 7.39. The van der Waals surface area contributed by atoms with Crippen molar-refractivity contribution in [3.8, 4) is 17.2 Å². The van der Waals surface area contributed by atoms with E-state index in [0.29, 0.717) is 21.2 Å². The van der Waals surface area contributed by atoms with Crippen LogP contribution in [0.25, 0.3) is 0 Å². The van der Waals surface area contributed by atoms with E-state index in [9.17, 15) is 37.5 Å². The molecule has 3 unspecified atom stereocenters. The first-order valence-electron chi connectivity index (χ1n) is 13.9. The number of carbonyl (C=O) groups is 3. The molecule has 0 spiro atoms. The molecule has 3 aromatic carbocycles. The summed E-state index contributed by atoms with van der Waals surface area (Å²) < 4.78 is 51.9. The van der Waals surface area contributed by atoms with Crippen LogP contribution in [-0.4, -0.2) is 46.3 Å². The lowest BCUT2D eigenvalue weighted by molar-refractivity contribution is -0.137. The molecule has 0 bridgehead atoms. The smallest absolute Gasteiger partial charge is 0.416 e. The van der Waals surface area contributed by atoms with E-state index in [1.165, 1.54) is 30.3 Å². The summed E-state index contributed by atoms with van der Waals surface area (Å²) in [4.78, 5) is 56.1. The number of alkyl halides is 3. The first kappa shape index (κ1) is 31.2. The number of thioether (sulfide) groups is 1. The Morgan fingerprint density at radius 2 is 1.76 bits per heavy atom. The minimum Gasteiger partial charge on any atom is -0.508 e. The van der Waals surface area contributed by atoms with Crippen LogP contribution in [0.5, 0.6) is 17.2 Å². The van der Waals surface area contributed by atoms with Crippen LogP contribution in [0.15, 0.2) is 76.6 Å². The molecule has 1 aromatic heterocycles. The van der Waals surface area contributed by atoms with Gasteiger partial charge in [-0.3, -0.25) is 19.2 Å². The van der Waals surface area contributed by atoms with Crippen molar-refractivity contribution in [3.63, 3.8) is 0 Å². The SMILES string of the molecule is CCOc1cc(C2c3sc(=O)[nH]c3SC3C(=O)N(c4cccc(C(F)(F)F)c4)C(=O)C32)ccc1OCC(=O)Nc1ccc(O)cc1. The van der Waals surface area contributed by atoms with Crippen molar-refractivity contribution in [1.29, 1.82) is 0 Å². The van der Waals surface area contributed by atoms with Crippen molar-refractivity contribution in [3.05, 3.63) is 92.4 Å². The van der Waals surface area contributed by atoms with Crippen LogP contribution in [-0.2, 0) is 20.6 Å². The fourth-order valence-electron chi connectivity index (χ4n) is 5.44. The van der Waals surface area contributed by atoms with Crippen molar-refractivity contribution in [2.75, 3.05) is 23.4 Å². The third-order valence-corrected chi connectivity index (χ3v) is 9.79. The Morgan fingerprint density at radius 1 is 1.00 bits per heavy atom. The number of halogens is 3. The third kappa shape index (κ3) is 5.95. The van der Waals surface area contributed by atoms with Gasteiger partial charge >= 0.3 is 11.0 Å². The van der Waals surface area contributed by atoms with Crippen molar-refractivity contribution in [2.45, 2.75) is 29.3 Å². The average molecular weight is 672 g/mol. The first-order valence-corrected chi connectivity index (χ1v) is 15.6. The summed E-state index contributed by atoms with van der Waals surface area (Å²) in [6, 6.07) is 14.7. The second-order valence-corrected chi connectivity index (χ2v) is 12.5. The highest BCUT2D eigenvalue weighted by Crippen LogP contribution is 2.54. The Labute approximate surface area is 267 Å². The molecule has 2 aliphatic heterocycles. The van der Waals surface area contributed by atoms with Crippen molar-refractivity contribution >= 4 is 52.2 Å². The van der Waals surface area contributed by atoms with Gasteiger partial charge in [-0.1, -0.05) is 35.2 Å². The predicted molar refractivity (Wildman–Crippen MR) is 164 cm³/mol. The maximum Gasteiger partial charge on any atom is 0.416 e. The van der Waals surface area contributed by atoms with Crippen LogP contribution in [0.4, 0.5) is 24.5 Å². The number of H-pyrrole nitrogens is 1. The van der Waals surface area contributed by atoms with Gasteiger partial charge in [-0.25, -0.2) is 4.90 Å². The highest BCUT2D eigenvalue weighted by atomic mass is 32.2. The first-order chi connectivity index (χ1) is 21.9. The molecule has 3 atom stereocenters.